The number of rotatable bonds is 5. The Balaban J connectivity index is 2.11. The zero-order valence-electron chi connectivity index (χ0n) is 14.0. The summed E-state index contributed by atoms with van der Waals surface area (Å²) in [4.78, 5) is 15.0. The first-order valence-electron chi connectivity index (χ1n) is 8.23. The largest absolute Gasteiger partial charge is 0.306 e. The van der Waals surface area contributed by atoms with Gasteiger partial charge in [0, 0.05) is 18.9 Å². The quantitative estimate of drug-likeness (QED) is 0.820. The van der Waals surface area contributed by atoms with Gasteiger partial charge in [-0.15, -0.1) is 0 Å². The second-order valence-corrected chi connectivity index (χ2v) is 7.14. The molecule has 0 saturated carbocycles. The number of carbonyl (C=O) groups excluding carboxylic acids is 1. The van der Waals surface area contributed by atoms with Crippen molar-refractivity contribution in [1.82, 2.24) is 4.90 Å². The average Bonchev–Trinajstić information content (AvgIpc) is 2.46. The topological polar surface area (TPSA) is 20.3 Å². The molecule has 1 aromatic carbocycles. The van der Waals surface area contributed by atoms with Crippen LogP contribution in [0.15, 0.2) is 24.3 Å². The van der Waals surface area contributed by atoms with Gasteiger partial charge >= 0.3 is 0 Å². The zero-order chi connectivity index (χ0) is 15.5. The Labute approximate surface area is 129 Å². The number of aryl methyl sites for hydroxylation is 1. The van der Waals surface area contributed by atoms with E-state index in [9.17, 15) is 4.79 Å². The molecule has 0 bridgehead atoms. The highest BCUT2D eigenvalue weighted by Crippen LogP contribution is 2.32. The van der Waals surface area contributed by atoms with Crippen molar-refractivity contribution in [2.75, 3.05) is 20.1 Å². The summed E-state index contributed by atoms with van der Waals surface area (Å²) < 4.78 is 0. The van der Waals surface area contributed by atoms with E-state index in [-0.39, 0.29) is 11.3 Å². The third-order valence-corrected chi connectivity index (χ3v) is 4.82. The molecule has 0 unspecified atom stereocenters. The summed E-state index contributed by atoms with van der Waals surface area (Å²) in [5.41, 5.74) is 2.64. The van der Waals surface area contributed by atoms with Crippen molar-refractivity contribution >= 4 is 5.78 Å². The summed E-state index contributed by atoms with van der Waals surface area (Å²) in [6, 6.07) is 8.57. The van der Waals surface area contributed by atoms with Gasteiger partial charge in [0.15, 0.2) is 0 Å². The number of likely N-dealkylation sites (tertiary alicyclic amines) is 1. The van der Waals surface area contributed by atoms with Gasteiger partial charge in [-0.1, -0.05) is 45.0 Å². The Morgan fingerprint density at radius 3 is 2.71 bits per heavy atom. The van der Waals surface area contributed by atoms with Crippen LogP contribution >= 0.6 is 0 Å². The average molecular weight is 287 g/mol. The molecule has 0 spiro atoms. The van der Waals surface area contributed by atoms with Crippen LogP contribution in [-0.2, 0) is 16.6 Å². The van der Waals surface area contributed by atoms with Crippen LogP contribution in [0.2, 0.25) is 0 Å². The van der Waals surface area contributed by atoms with E-state index in [1.54, 1.807) is 0 Å². The SMILES string of the molecule is CCc1ccccc1C(C)(C)CC(=O)[C@H]1CCCN(C)C1. The number of ketones is 1. The molecular weight excluding hydrogens is 258 g/mol. The molecule has 0 amide bonds. The lowest BCUT2D eigenvalue weighted by Gasteiger charge is -2.32. The fourth-order valence-corrected chi connectivity index (χ4v) is 3.59. The van der Waals surface area contributed by atoms with Gasteiger partial charge in [-0.2, -0.15) is 0 Å². The maximum atomic E-state index is 12.7. The Hall–Kier alpha value is -1.15. The summed E-state index contributed by atoms with van der Waals surface area (Å²) in [6.07, 6.45) is 3.90. The molecule has 21 heavy (non-hydrogen) atoms. The summed E-state index contributed by atoms with van der Waals surface area (Å²) in [7, 11) is 2.12. The second-order valence-electron chi connectivity index (χ2n) is 7.14. The molecule has 116 valence electrons. The van der Waals surface area contributed by atoms with Gasteiger partial charge < -0.3 is 4.90 Å². The van der Waals surface area contributed by atoms with Crippen molar-refractivity contribution in [3.63, 3.8) is 0 Å². The molecule has 1 saturated heterocycles. The molecule has 0 aromatic heterocycles. The van der Waals surface area contributed by atoms with E-state index < -0.39 is 0 Å². The lowest BCUT2D eigenvalue weighted by atomic mass is 9.75. The zero-order valence-corrected chi connectivity index (χ0v) is 14.0. The smallest absolute Gasteiger partial charge is 0.138 e. The Kier molecular flexibility index (Phi) is 5.21. The molecule has 1 aliphatic heterocycles. The minimum atomic E-state index is -0.0697. The first-order chi connectivity index (χ1) is 9.94. The number of nitrogens with zero attached hydrogens (tertiary/aromatic N) is 1. The number of piperidine rings is 1. The minimum Gasteiger partial charge on any atom is -0.306 e. The molecule has 0 aliphatic carbocycles. The van der Waals surface area contributed by atoms with E-state index in [2.05, 4.69) is 57.0 Å². The van der Waals surface area contributed by atoms with Crippen LogP contribution in [0, 0.1) is 5.92 Å². The molecule has 1 fully saturated rings. The monoisotopic (exact) mass is 287 g/mol. The molecule has 1 aromatic rings. The molecule has 0 radical (unpaired) electrons. The van der Waals surface area contributed by atoms with Gasteiger partial charge in [0.1, 0.15) is 5.78 Å². The van der Waals surface area contributed by atoms with Gasteiger partial charge in [-0.25, -0.2) is 0 Å². The predicted octanol–water partition coefficient (Wildman–Crippen LogP) is 3.83. The Bertz CT molecular complexity index is 492. The van der Waals surface area contributed by atoms with E-state index in [1.807, 2.05) is 0 Å². The number of benzene rings is 1. The van der Waals surface area contributed by atoms with E-state index in [1.165, 1.54) is 11.1 Å². The molecule has 0 N–H and O–H groups in total. The second kappa shape index (κ2) is 6.74. The van der Waals surface area contributed by atoms with Crippen LogP contribution in [0.4, 0.5) is 0 Å². The van der Waals surface area contributed by atoms with Crippen LogP contribution in [0.3, 0.4) is 0 Å². The highest BCUT2D eigenvalue weighted by Gasteiger charge is 2.31. The first-order valence-corrected chi connectivity index (χ1v) is 8.23. The number of hydrogen-bond donors (Lipinski definition) is 0. The van der Waals surface area contributed by atoms with Crippen LogP contribution in [0.25, 0.3) is 0 Å². The maximum Gasteiger partial charge on any atom is 0.138 e. The van der Waals surface area contributed by atoms with Crippen LogP contribution in [0.5, 0.6) is 0 Å². The summed E-state index contributed by atoms with van der Waals surface area (Å²) in [5.74, 6) is 0.675. The van der Waals surface area contributed by atoms with Gasteiger partial charge in [0.05, 0.1) is 0 Å². The van der Waals surface area contributed by atoms with Gasteiger partial charge in [-0.3, -0.25) is 4.79 Å². The van der Waals surface area contributed by atoms with Crippen LogP contribution in [-0.4, -0.2) is 30.8 Å². The third kappa shape index (κ3) is 3.94. The fraction of sp³-hybridized carbons (Fsp3) is 0.632. The van der Waals surface area contributed by atoms with Crippen LogP contribution in [0.1, 0.15) is 51.2 Å². The lowest BCUT2D eigenvalue weighted by Crippen LogP contribution is -2.38. The molecule has 2 heteroatoms. The summed E-state index contributed by atoms with van der Waals surface area (Å²) in [5, 5.41) is 0. The van der Waals surface area contributed by atoms with Gasteiger partial charge in [-0.05, 0) is 49.4 Å². The standard InChI is InChI=1S/C19H29NO/c1-5-15-9-6-7-11-17(15)19(2,3)13-18(21)16-10-8-12-20(4)14-16/h6-7,9,11,16H,5,8,10,12-14H2,1-4H3/t16-/m0/s1. The normalized spacial score (nSPS) is 20.5. The maximum absolute atomic E-state index is 12.7. The highest BCUT2D eigenvalue weighted by atomic mass is 16.1. The molecule has 2 rings (SSSR count). The Morgan fingerprint density at radius 2 is 2.05 bits per heavy atom. The molecule has 2 nitrogen and oxygen atoms in total. The number of Topliss-reactive ketones (excluding diaryl/α,β-unsaturated/α-hetero) is 1. The van der Waals surface area contributed by atoms with Crippen LogP contribution < -0.4 is 0 Å². The van der Waals surface area contributed by atoms with Gasteiger partial charge in [0.25, 0.3) is 0 Å². The van der Waals surface area contributed by atoms with E-state index in [0.29, 0.717) is 12.2 Å². The number of hydrogen-bond acceptors (Lipinski definition) is 2. The van der Waals surface area contributed by atoms with Crippen molar-refractivity contribution in [3.05, 3.63) is 35.4 Å². The van der Waals surface area contributed by atoms with Crippen molar-refractivity contribution in [2.24, 2.45) is 5.92 Å². The van der Waals surface area contributed by atoms with Gasteiger partial charge in [0.2, 0.25) is 0 Å². The van der Waals surface area contributed by atoms with E-state index in [0.717, 1.165) is 32.4 Å². The van der Waals surface area contributed by atoms with Crippen molar-refractivity contribution < 1.29 is 4.79 Å². The van der Waals surface area contributed by atoms with Crippen molar-refractivity contribution in [2.45, 2.75) is 51.9 Å². The highest BCUT2D eigenvalue weighted by molar-refractivity contribution is 5.82. The Morgan fingerprint density at radius 1 is 1.33 bits per heavy atom. The molecule has 1 heterocycles. The third-order valence-electron chi connectivity index (χ3n) is 4.82. The van der Waals surface area contributed by atoms with E-state index in [4.69, 9.17) is 0 Å². The molecule has 1 atom stereocenters. The number of carbonyl (C=O) groups is 1. The molecular formula is C19H29NO. The predicted molar refractivity (Wildman–Crippen MR) is 88.7 cm³/mol. The van der Waals surface area contributed by atoms with Crippen molar-refractivity contribution in [1.29, 1.82) is 0 Å². The summed E-state index contributed by atoms with van der Waals surface area (Å²) >= 11 is 0. The molecule has 1 aliphatic rings. The van der Waals surface area contributed by atoms with Crippen molar-refractivity contribution in [3.8, 4) is 0 Å². The first kappa shape index (κ1) is 16.2. The van der Waals surface area contributed by atoms with E-state index >= 15 is 0 Å². The summed E-state index contributed by atoms with van der Waals surface area (Å²) in [6.45, 7) is 8.68. The lowest BCUT2D eigenvalue weighted by molar-refractivity contribution is -0.125. The fourth-order valence-electron chi connectivity index (χ4n) is 3.59. The minimum absolute atomic E-state index is 0.0697.